The molecule has 1 fully saturated rings. The number of nitrogens with zero attached hydrogens (tertiary/aromatic N) is 2. The van der Waals surface area contributed by atoms with Crippen LogP contribution in [-0.4, -0.2) is 16.7 Å². The summed E-state index contributed by atoms with van der Waals surface area (Å²) in [6.07, 6.45) is 1.05. The van der Waals surface area contributed by atoms with E-state index < -0.39 is 0 Å². The average molecular weight is 236 g/mol. The molecule has 2 aromatic rings. The van der Waals surface area contributed by atoms with E-state index in [-0.39, 0.29) is 6.04 Å². The normalized spacial score (nSPS) is 19.4. The molecular formula is C11H10ClN3O. The lowest BCUT2D eigenvalue weighted by Crippen LogP contribution is -2.35. The first-order chi connectivity index (χ1) is 7.83. The molecule has 0 radical (unpaired) electrons. The summed E-state index contributed by atoms with van der Waals surface area (Å²) in [5.74, 6) is 1.24. The molecule has 4 nitrogen and oxygen atoms in total. The maximum atomic E-state index is 5.90. The van der Waals surface area contributed by atoms with Gasteiger partial charge in [0.1, 0.15) is 0 Å². The third kappa shape index (κ3) is 1.70. The summed E-state index contributed by atoms with van der Waals surface area (Å²) in [7, 11) is 0. The van der Waals surface area contributed by atoms with Crippen LogP contribution < -0.4 is 5.32 Å². The van der Waals surface area contributed by atoms with Crippen LogP contribution in [0.25, 0.3) is 11.4 Å². The summed E-state index contributed by atoms with van der Waals surface area (Å²) < 4.78 is 5.20. The van der Waals surface area contributed by atoms with E-state index in [2.05, 4.69) is 15.5 Å². The highest BCUT2D eigenvalue weighted by atomic mass is 35.5. The highest BCUT2D eigenvalue weighted by Gasteiger charge is 2.24. The summed E-state index contributed by atoms with van der Waals surface area (Å²) >= 11 is 5.90. The van der Waals surface area contributed by atoms with Crippen LogP contribution in [0, 0.1) is 0 Å². The molecule has 1 N–H and O–H groups in total. The predicted molar refractivity (Wildman–Crippen MR) is 60.1 cm³/mol. The predicted octanol–water partition coefficient (Wildman–Crippen LogP) is 2.42. The highest BCUT2D eigenvalue weighted by molar-refractivity contribution is 6.30. The van der Waals surface area contributed by atoms with Gasteiger partial charge in [-0.15, -0.1) is 0 Å². The molecule has 1 aliphatic rings. The third-order valence-corrected chi connectivity index (χ3v) is 2.88. The molecule has 5 heteroatoms. The van der Waals surface area contributed by atoms with Gasteiger partial charge in [0.05, 0.1) is 6.04 Å². The Labute approximate surface area is 97.6 Å². The second-order valence-corrected chi connectivity index (χ2v) is 4.20. The average Bonchev–Trinajstić information content (AvgIpc) is 2.64. The van der Waals surface area contributed by atoms with Gasteiger partial charge in [0.25, 0.3) is 0 Å². The standard InChI is InChI=1S/C11H10ClN3O/c12-8-3-1-2-7(6-8)10-14-11(16-15-10)9-4-5-13-9/h1-3,6,9,13H,4-5H2/t9-/m1/s1. The maximum Gasteiger partial charge on any atom is 0.244 e. The first-order valence-corrected chi connectivity index (χ1v) is 5.53. The van der Waals surface area contributed by atoms with Crippen LogP contribution in [0.1, 0.15) is 18.4 Å². The zero-order valence-electron chi connectivity index (χ0n) is 8.48. The lowest BCUT2D eigenvalue weighted by molar-refractivity contribution is 0.273. The van der Waals surface area contributed by atoms with E-state index in [4.69, 9.17) is 16.1 Å². The molecule has 82 valence electrons. The highest BCUT2D eigenvalue weighted by Crippen LogP contribution is 2.25. The zero-order valence-corrected chi connectivity index (χ0v) is 9.24. The summed E-state index contributed by atoms with van der Waals surface area (Å²) in [4.78, 5) is 4.34. The van der Waals surface area contributed by atoms with E-state index in [1.54, 1.807) is 0 Å². The van der Waals surface area contributed by atoms with Gasteiger partial charge >= 0.3 is 0 Å². The quantitative estimate of drug-likeness (QED) is 0.869. The van der Waals surface area contributed by atoms with Gasteiger partial charge in [-0.2, -0.15) is 4.98 Å². The Bertz CT molecular complexity index is 507. The second kappa shape index (κ2) is 3.88. The van der Waals surface area contributed by atoms with E-state index in [1.807, 2.05) is 24.3 Å². The fraction of sp³-hybridized carbons (Fsp3) is 0.273. The van der Waals surface area contributed by atoms with Crippen molar-refractivity contribution in [2.75, 3.05) is 6.54 Å². The Balaban J connectivity index is 1.91. The number of aromatic nitrogens is 2. The van der Waals surface area contributed by atoms with E-state index in [1.165, 1.54) is 0 Å². The van der Waals surface area contributed by atoms with E-state index in [0.29, 0.717) is 16.7 Å². The minimum absolute atomic E-state index is 0.223. The Morgan fingerprint density at radius 3 is 3.00 bits per heavy atom. The number of rotatable bonds is 2. The molecule has 2 heterocycles. The number of hydrogen-bond acceptors (Lipinski definition) is 4. The number of hydrogen-bond donors (Lipinski definition) is 1. The first-order valence-electron chi connectivity index (χ1n) is 5.16. The van der Waals surface area contributed by atoms with Gasteiger partial charge < -0.3 is 9.84 Å². The molecule has 1 aromatic heterocycles. The Morgan fingerprint density at radius 2 is 2.31 bits per heavy atom. The number of benzene rings is 1. The van der Waals surface area contributed by atoms with Gasteiger partial charge in [0.2, 0.25) is 11.7 Å². The molecule has 0 bridgehead atoms. The summed E-state index contributed by atoms with van der Waals surface area (Å²) in [6, 6.07) is 7.65. The van der Waals surface area contributed by atoms with Crippen molar-refractivity contribution in [2.24, 2.45) is 0 Å². The lowest BCUT2D eigenvalue weighted by Gasteiger charge is -2.23. The molecule has 3 rings (SSSR count). The zero-order chi connectivity index (χ0) is 11.0. The molecule has 0 amide bonds. The van der Waals surface area contributed by atoms with E-state index >= 15 is 0 Å². The fourth-order valence-electron chi connectivity index (χ4n) is 1.62. The fourth-order valence-corrected chi connectivity index (χ4v) is 1.81. The summed E-state index contributed by atoms with van der Waals surface area (Å²) in [5, 5.41) is 7.83. The van der Waals surface area contributed by atoms with Gasteiger partial charge in [0.15, 0.2) is 0 Å². The molecule has 0 saturated carbocycles. The van der Waals surface area contributed by atoms with Crippen LogP contribution in [0.5, 0.6) is 0 Å². The van der Waals surface area contributed by atoms with Crippen LogP contribution >= 0.6 is 11.6 Å². The SMILES string of the molecule is Clc1cccc(-c2noc([C@H]3CCN3)n2)c1. The van der Waals surface area contributed by atoms with Crippen molar-refractivity contribution in [3.05, 3.63) is 35.2 Å². The van der Waals surface area contributed by atoms with Crippen molar-refractivity contribution in [3.63, 3.8) is 0 Å². The van der Waals surface area contributed by atoms with Gasteiger partial charge in [-0.25, -0.2) is 0 Å². The van der Waals surface area contributed by atoms with Gasteiger partial charge in [-0.05, 0) is 25.1 Å². The lowest BCUT2D eigenvalue weighted by atomic mass is 10.1. The largest absolute Gasteiger partial charge is 0.337 e. The molecule has 1 aromatic carbocycles. The van der Waals surface area contributed by atoms with Crippen molar-refractivity contribution in [3.8, 4) is 11.4 Å². The van der Waals surface area contributed by atoms with Crippen molar-refractivity contribution in [1.82, 2.24) is 15.5 Å². The van der Waals surface area contributed by atoms with Crippen LogP contribution in [0.15, 0.2) is 28.8 Å². The van der Waals surface area contributed by atoms with Crippen molar-refractivity contribution < 1.29 is 4.52 Å². The molecule has 1 atom stereocenters. The maximum absolute atomic E-state index is 5.90. The van der Waals surface area contributed by atoms with E-state index in [9.17, 15) is 0 Å². The van der Waals surface area contributed by atoms with Crippen molar-refractivity contribution >= 4 is 11.6 Å². The molecule has 16 heavy (non-hydrogen) atoms. The summed E-state index contributed by atoms with van der Waals surface area (Å²) in [6.45, 7) is 1.01. The van der Waals surface area contributed by atoms with Gasteiger partial charge in [0, 0.05) is 10.6 Å². The Kier molecular flexibility index (Phi) is 2.38. The molecule has 0 unspecified atom stereocenters. The van der Waals surface area contributed by atoms with Gasteiger partial charge in [-0.3, -0.25) is 0 Å². The monoisotopic (exact) mass is 235 g/mol. The van der Waals surface area contributed by atoms with Crippen molar-refractivity contribution in [1.29, 1.82) is 0 Å². The Hall–Kier alpha value is -1.39. The van der Waals surface area contributed by atoms with Crippen LogP contribution in [0.3, 0.4) is 0 Å². The van der Waals surface area contributed by atoms with Crippen molar-refractivity contribution in [2.45, 2.75) is 12.5 Å². The van der Waals surface area contributed by atoms with Crippen LogP contribution in [0.2, 0.25) is 5.02 Å². The first kappa shape index (κ1) is 9.81. The molecule has 1 saturated heterocycles. The van der Waals surface area contributed by atoms with Gasteiger partial charge in [-0.1, -0.05) is 28.9 Å². The minimum Gasteiger partial charge on any atom is -0.337 e. The molecule has 0 spiro atoms. The Morgan fingerprint density at radius 1 is 1.44 bits per heavy atom. The summed E-state index contributed by atoms with van der Waals surface area (Å²) in [5.41, 5.74) is 0.877. The minimum atomic E-state index is 0.223. The third-order valence-electron chi connectivity index (χ3n) is 2.65. The number of nitrogens with one attached hydrogen (secondary N) is 1. The van der Waals surface area contributed by atoms with E-state index in [0.717, 1.165) is 18.5 Å². The molecule has 1 aliphatic heterocycles. The number of halogens is 1. The second-order valence-electron chi connectivity index (χ2n) is 3.76. The van der Waals surface area contributed by atoms with Crippen LogP contribution in [0.4, 0.5) is 0 Å². The molecule has 0 aliphatic carbocycles. The topological polar surface area (TPSA) is 51.0 Å². The van der Waals surface area contributed by atoms with Crippen LogP contribution in [-0.2, 0) is 0 Å². The smallest absolute Gasteiger partial charge is 0.244 e. The molecular weight excluding hydrogens is 226 g/mol.